The first kappa shape index (κ1) is 42.8. The predicted octanol–water partition coefficient (Wildman–Crippen LogP) is 7.78. The van der Waals surface area contributed by atoms with Crippen molar-refractivity contribution in [2.45, 2.75) is 75.1 Å². The fourth-order valence-electron chi connectivity index (χ4n) is 7.61. The Labute approximate surface area is 340 Å². The number of nitrogens with zero attached hydrogens (tertiary/aromatic N) is 5. The molecule has 0 aliphatic heterocycles. The number of anilines is 1. The van der Waals surface area contributed by atoms with Crippen LogP contribution in [0.5, 0.6) is 0 Å². The third kappa shape index (κ3) is 7.87. The monoisotopic (exact) mass is 887 g/mol. The normalized spacial score (nSPS) is 17.8. The van der Waals surface area contributed by atoms with Crippen LogP contribution in [-0.4, -0.2) is 55.1 Å². The van der Waals surface area contributed by atoms with Gasteiger partial charge in [0, 0.05) is 35.7 Å². The van der Waals surface area contributed by atoms with E-state index in [1.807, 2.05) is 0 Å². The van der Waals surface area contributed by atoms with Crippen molar-refractivity contribution in [2.75, 3.05) is 4.72 Å². The molecule has 2 aliphatic carbocycles. The quantitative estimate of drug-likeness (QED) is 0.0960. The molecule has 3 heterocycles. The van der Waals surface area contributed by atoms with Gasteiger partial charge in [-0.1, -0.05) is 23.6 Å². The molecule has 60 heavy (non-hydrogen) atoms. The van der Waals surface area contributed by atoms with Crippen LogP contribution in [-0.2, 0) is 40.8 Å². The van der Waals surface area contributed by atoms with Crippen molar-refractivity contribution in [3.8, 4) is 23.0 Å². The largest absolute Gasteiger partial charge is 0.516 e. The first-order chi connectivity index (χ1) is 27.9. The van der Waals surface area contributed by atoms with Crippen molar-refractivity contribution in [3.63, 3.8) is 0 Å². The fourth-order valence-corrected chi connectivity index (χ4v) is 8.36. The van der Waals surface area contributed by atoms with Crippen LogP contribution in [0.1, 0.15) is 79.0 Å². The van der Waals surface area contributed by atoms with E-state index in [0.29, 0.717) is 10.7 Å². The molecule has 22 heteroatoms. The average molecular weight is 888 g/mol. The lowest BCUT2D eigenvalue weighted by molar-refractivity contribution is -0.123. The number of pyridine rings is 1. The van der Waals surface area contributed by atoms with E-state index in [4.69, 9.17) is 11.6 Å². The number of hydrogen-bond acceptors (Lipinski definition) is 7. The molecule has 5 aromatic rings. The number of aliphatic hydroxyl groups is 1. The SMILES string of the molecule is Cn1nc(NS(=O)(=O)C(F)(F)F)c2c(Cl)ccc(-c3ccc(C#CC(C)(C)O)nc3[C@H](Cc3cc(F)cc(F)c3)NC(=O)Cn3nc(C(F)F)c4c3C(F)(F)[C@@H]3CC[C@H]43)c21. The minimum atomic E-state index is -6.00. The molecule has 0 unspecified atom stereocenters. The molecule has 1 amide bonds. The van der Waals surface area contributed by atoms with Gasteiger partial charge < -0.3 is 10.4 Å². The van der Waals surface area contributed by atoms with Gasteiger partial charge in [0.25, 0.3) is 12.3 Å². The van der Waals surface area contributed by atoms with Crippen molar-refractivity contribution in [1.29, 1.82) is 0 Å². The van der Waals surface area contributed by atoms with Crippen molar-refractivity contribution < 1.29 is 57.8 Å². The van der Waals surface area contributed by atoms with Crippen LogP contribution in [0.2, 0.25) is 5.02 Å². The molecule has 3 N–H and O–H groups in total. The van der Waals surface area contributed by atoms with E-state index in [2.05, 4.69) is 32.3 Å². The van der Waals surface area contributed by atoms with E-state index >= 15 is 8.78 Å². The van der Waals surface area contributed by atoms with Gasteiger partial charge in [0.05, 0.1) is 27.7 Å². The Kier molecular flexibility index (Phi) is 10.7. The van der Waals surface area contributed by atoms with Gasteiger partial charge in [-0.2, -0.15) is 40.6 Å². The van der Waals surface area contributed by atoms with E-state index in [0.717, 1.165) is 16.8 Å². The molecule has 0 saturated heterocycles. The second kappa shape index (κ2) is 15.0. The van der Waals surface area contributed by atoms with Crippen molar-refractivity contribution in [3.05, 3.63) is 93.0 Å². The number of fused-ring (bicyclic) bond motifs is 4. The molecule has 2 aromatic carbocycles. The molecule has 3 aromatic heterocycles. The maximum atomic E-state index is 15.6. The fraction of sp³-hybridized carbons (Fsp3) is 0.368. The van der Waals surface area contributed by atoms with Gasteiger partial charge in [0.2, 0.25) is 5.91 Å². The Hall–Kier alpha value is -5.33. The molecule has 0 spiro atoms. The highest BCUT2D eigenvalue weighted by Gasteiger charge is 2.62. The second-order valence-electron chi connectivity index (χ2n) is 14.9. The lowest BCUT2D eigenvalue weighted by Crippen LogP contribution is -2.36. The average Bonchev–Trinajstić information content (AvgIpc) is 3.67. The standard InChI is InChI=1S/C38H31ClF9N7O4S/c1-36(2,57)11-10-20-4-5-21(22-7-9-25(39)29-32(22)54(3)52-35(29)53-60(58,59)38(46,47)48)30(49-20)26(14-17-12-18(40)15-19(41)13-17)50-27(56)16-55-33-28(31(51-55)34(42)43)23-6-8-24(23)37(33,44)45/h4-5,7,9,12-13,15,23-24,26,34,57H,6,8,14,16H2,1-3H3,(H,50,56)(H,52,53)/t23-,24+,26-/m0/s1. The van der Waals surface area contributed by atoms with Gasteiger partial charge in [-0.3, -0.25) is 18.9 Å². The highest BCUT2D eigenvalue weighted by atomic mass is 35.5. The van der Waals surface area contributed by atoms with Gasteiger partial charge >= 0.3 is 15.5 Å². The van der Waals surface area contributed by atoms with Crippen LogP contribution in [0.25, 0.3) is 22.0 Å². The highest BCUT2D eigenvalue weighted by molar-refractivity contribution is 7.93. The first-order valence-corrected chi connectivity index (χ1v) is 19.7. The van der Waals surface area contributed by atoms with Gasteiger partial charge in [-0.15, -0.1) is 0 Å². The third-order valence-corrected chi connectivity index (χ3v) is 11.5. The second-order valence-corrected chi connectivity index (χ2v) is 17.0. The summed E-state index contributed by atoms with van der Waals surface area (Å²) in [7, 11) is -4.74. The lowest BCUT2D eigenvalue weighted by Gasteiger charge is -2.34. The Morgan fingerprint density at radius 2 is 1.70 bits per heavy atom. The number of hydrogen-bond donors (Lipinski definition) is 3. The number of carbonyl (C=O) groups is 1. The minimum absolute atomic E-state index is 0.0453. The van der Waals surface area contributed by atoms with Crippen LogP contribution in [0, 0.1) is 29.4 Å². The van der Waals surface area contributed by atoms with E-state index in [1.54, 1.807) is 0 Å². The molecule has 318 valence electrons. The number of benzene rings is 2. The molecule has 1 saturated carbocycles. The smallest absolute Gasteiger partial charge is 0.378 e. The zero-order valence-electron chi connectivity index (χ0n) is 31.3. The summed E-state index contributed by atoms with van der Waals surface area (Å²) in [6.45, 7) is 1.73. The van der Waals surface area contributed by atoms with Gasteiger partial charge in [-0.25, -0.2) is 22.5 Å². The van der Waals surface area contributed by atoms with Gasteiger partial charge in [-0.05, 0) is 80.8 Å². The molecule has 1 fully saturated rings. The van der Waals surface area contributed by atoms with E-state index in [1.165, 1.54) is 49.9 Å². The van der Waals surface area contributed by atoms with Crippen LogP contribution in [0.15, 0.2) is 42.5 Å². The summed E-state index contributed by atoms with van der Waals surface area (Å²) >= 11 is 6.41. The molecule has 0 bridgehead atoms. The number of rotatable bonds is 10. The minimum Gasteiger partial charge on any atom is -0.378 e. The molecular formula is C38H31ClF9N7O4S. The third-order valence-electron chi connectivity index (χ3n) is 10.2. The lowest BCUT2D eigenvalue weighted by atomic mass is 9.73. The number of sulfonamides is 1. The van der Waals surface area contributed by atoms with Crippen molar-refractivity contribution >= 4 is 44.3 Å². The maximum absolute atomic E-state index is 15.6. The summed E-state index contributed by atoms with van der Waals surface area (Å²) in [5.41, 5.74) is -9.51. The van der Waals surface area contributed by atoms with Crippen LogP contribution >= 0.6 is 11.6 Å². The first-order valence-electron chi connectivity index (χ1n) is 17.9. The van der Waals surface area contributed by atoms with E-state index < -0.39 is 99.1 Å². The number of carbonyl (C=O) groups excluding carboxylic acids is 1. The number of amides is 1. The highest BCUT2D eigenvalue weighted by Crippen LogP contribution is 2.63. The summed E-state index contributed by atoms with van der Waals surface area (Å²) < 4.78 is 156. The van der Waals surface area contributed by atoms with E-state index in [-0.39, 0.29) is 62.4 Å². The van der Waals surface area contributed by atoms with Gasteiger partial charge in [0.1, 0.15) is 40.9 Å². The Morgan fingerprint density at radius 3 is 2.30 bits per heavy atom. The molecule has 2 aliphatic rings. The molecule has 0 radical (unpaired) electrons. The number of nitrogens with one attached hydrogen (secondary N) is 2. The van der Waals surface area contributed by atoms with Crippen molar-refractivity contribution in [1.82, 2.24) is 29.9 Å². The van der Waals surface area contributed by atoms with Gasteiger partial charge in [0.15, 0.2) is 5.82 Å². The topological polar surface area (TPSA) is 144 Å². The number of alkyl halides is 7. The summed E-state index contributed by atoms with van der Waals surface area (Å²) in [4.78, 5) is 18.6. The molecule has 3 atom stereocenters. The molecular weight excluding hydrogens is 857 g/mol. The summed E-state index contributed by atoms with van der Waals surface area (Å²) in [6, 6.07) is 6.30. The number of aromatic nitrogens is 5. The predicted molar refractivity (Wildman–Crippen MR) is 198 cm³/mol. The Morgan fingerprint density at radius 1 is 1.03 bits per heavy atom. The number of halogens is 10. The Balaban J connectivity index is 1.39. The zero-order chi connectivity index (χ0) is 43.9. The summed E-state index contributed by atoms with van der Waals surface area (Å²) in [5.74, 6) is -4.40. The van der Waals surface area contributed by atoms with Crippen LogP contribution in [0.3, 0.4) is 0 Å². The zero-order valence-corrected chi connectivity index (χ0v) is 32.8. The van der Waals surface area contributed by atoms with Crippen molar-refractivity contribution in [2.24, 2.45) is 13.0 Å². The number of aryl methyl sites for hydroxylation is 1. The van der Waals surface area contributed by atoms with Crippen LogP contribution < -0.4 is 10.0 Å². The summed E-state index contributed by atoms with van der Waals surface area (Å²) in [6.07, 6.45) is -3.41. The maximum Gasteiger partial charge on any atom is 0.516 e. The molecule has 7 rings (SSSR count). The van der Waals surface area contributed by atoms with E-state index in [9.17, 15) is 49.1 Å². The van der Waals surface area contributed by atoms with Crippen LogP contribution in [0.4, 0.5) is 45.3 Å². The molecule has 11 nitrogen and oxygen atoms in total. The Bertz CT molecular complexity index is 2720. The summed E-state index contributed by atoms with van der Waals surface area (Å²) in [5, 5.41) is 20.0.